The SMILES string of the molecule is NCC1CCOCC1c1ccc(O)cc1. The van der Waals surface area contributed by atoms with Crippen molar-refractivity contribution in [3.63, 3.8) is 0 Å². The van der Waals surface area contributed by atoms with Gasteiger partial charge in [0.1, 0.15) is 5.75 Å². The molecule has 2 rings (SSSR count). The number of hydrogen-bond donors (Lipinski definition) is 2. The maximum Gasteiger partial charge on any atom is 0.115 e. The van der Waals surface area contributed by atoms with E-state index in [1.807, 2.05) is 12.1 Å². The van der Waals surface area contributed by atoms with Crippen LogP contribution in [0.4, 0.5) is 0 Å². The molecule has 15 heavy (non-hydrogen) atoms. The number of aromatic hydroxyl groups is 1. The lowest BCUT2D eigenvalue weighted by Crippen LogP contribution is -2.31. The van der Waals surface area contributed by atoms with E-state index in [4.69, 9.17) is 10.5 Å². The monoisotopic (exact) mass is 207 g/mol. The van der Waals surface area contributed by atoms with Crippen LogP contribution in [0.25, 0.3) is 0 Å². The minimum absolute atomic E-state index is 0.305. The molecule has 2 unspecified atom stereocenters. The summed E-state index contributed by atoms with van der Waals surface area (Å²) in [5, 5.41) is 9.22. The lowest BCUT2D eigenvalue weighted by atomic mass is 9.83. The van der Waals surface area contributed by atoms with Gasteiger partial charge in [0.2, 0.25) is 0 Å². The van der Waals surface area contributed by atoms with Crippen molar-refractivity contribution >= 4 is 0 Å². The first-order chi connectivity index (χ1) is 7.31. The number of rotatable bonds is 2. The van der Waals surface area contributed by atoms with E-state index >= 15 is 0 Å². The zero-order chi connectivity index (χ0) is 10.7. The van der Waals surface area contributed by atoms with Crippen LogP contribution in [-0.2, 0) is 4.74 Å². The highest BCUT2D eigenvalue weighted by Gasteiger charge is 2.25. The topological polar surface area (TPSA) is 55.5 Å². The van der Waals surface area contributed by atoms with Gasteiger partial charge in [-0.15, -0.1) is 0 Å². The molecule has 1 heterocycles. The number of ether oxygens (including phenoxy) is 1. The second kappa shape index (κ2) is 4.64. The van der Waals surface area contributed by atoms with Crippen molar-refractivity contribution in [3.05, 3.63) is 29.8 Å². The van der Waals surface area contributed by atoms with E-state index in [9.17, 15) is 5.11 Å². The van der Waals surface area contributed by atoms with Gasteiger partial charge in [-0.05, 0) is 36.6 Å². The predicted molar refractivity (Wildman–Crippen MR) is 58.8 cm³/mol. The molecule has 1 aromatic carbocycles. The van der Waals surface area contributed by atoms with E-state index in [2.05, 4.69) is 0 Å². The van der Waals surface area contributed by atoms with Gasteiger partial charge in [0, 0.05) is 12.5 Å². The fraction of sp³-hybridized carbons (Fsp3) is 0.500. The van der Waals surface area contributed by atoms with Gasteiger partial charge in [-0.2, -0.15) is 0 Å². The number of phenols is 1. The fourth-order valence-electron chi connectivity index (χ4n) is 2.15. The highest BCUT2D eigenvalue weighted by Crippen LogP contribution is 2.31. The van der Waals surface area contributed by atoms with Crippen molar-refractivity contribution in [1.29, 1.82) is 0 Å². The molecule has 1 aliphatic rings. The number of nitrogens with two attached hydrogens (primary N) is 1. The van der Waals surface area contributed by atoms with E-state index < -0.39 is 0 Å². The Morgan fingerprint density at radius 2 is 2.07 bits per heavy atom. The van der Waals surface area contributed by atoms with Crippen molar-refractivity contribution in [2.45, 2.75) is 12.3 Å². The highest BCUT2D eigenvalue weighted by atomic mass is 16.5. The summed E-state index contributed by atoms with van der Waals surface area (Å²) < 4.78 is 5.48. The van der Waals surface area contributed by atoms with Gasteiger partial charge in [0.05, 0.1) is 6.61 Å². The van der Waals surface area contributed by atoms with Gasteiger partial charge in [-0.25, -0.2) is 0 Å². The molecular weight excluding hydrogens is 190 g/mol. The molecule has 1 fully saturated rings. The Morgan fingerprint density at radius 3 is 2.73 bits per heavy atom. The van der Waals surface area contributed by atoms with Crippen molar-refractivity contribution in [3.8, 4) is 5.75 Å². The molecule has 82 valence electrons. The highest BCUT2D eigenvalue weighted by molar-refractivity contribution is 5.29. The Balaban J connectivity index is 2.16. The Morgan fingerprint density at radius 1 is 1.33 bits per heavy atom. The molecule has 3 heteroatoms. The molecule has 0 aliphatic carbocycles. The minimum Gasteiger partial charge on any atom is -0.508 e. The van der Waals surface area contributed by atoms with Crippen molar-refractivity contribution in [2.24, 2.45) is 11.7 Å². The van der Waals surface area contributed by atoms with Crippen molar-refractivity contribution < 1.29 is 9.84 Å². The van der Waals surface area contributed by atoms with Crippen LogP contribution in [0.2, 0.25) is 0 Å². The second-order valence-electron chi connectivity index (χ2n) is 4.06. The summed E-state index contributed by atoms with van der Waals surface area (Å²) in [6.45, 7) is 2.26. The molecule has 1 saturated heterocycles. The molecule has 0 spiro atoms. The summed E-state index contributed by atoms with van der Waals surface area (Å²) in [6, 6.07) is 7.35. The van der Waals surface area contributed by atoms with Crippen LogP contribution >= 0.6 is 0 Å². The molecular formula is C12H17NO2. The summed E-state index contributed by atoms with van der Waals surface area (Å²) >= 11 is 0. The fourth-order valence-corrected chi connectivity index (χ4v) is 2.15. The van der Waals surface area contributed by atoms with E-state index in [-0.39, 0.29) is 0 Å². The average molecular weight is 207 g/mol. The third-order valence-electron chi connectivity index (χ3n) is 3.12. The maximum atomic E-state index is 9.22. The predicted octanol–water partition coefficient (Wildman–Crippen LogP) is 1.47. The standard InChI is InChI=1S/C12H17NO2/c13-7-10-5-6-15-8-12(10)9-1-3-11(14)4-2-9/h1-4,10,12,14H,5-8,13H2. The first kappa shape index (κ1) is 10.5. The van der Waals surface area contributed by atoms with Crippen molar-refractivity contribution in [1.82, 2.24) is 0 Å². The van der Waals surface area contributed by atoms with Crippen LogP contribution in [0.3, 0.4) is 0 Å². The van der Waals surface area contributed by atoms with E-state index in [0.717, 1.165) is 19.6 Å². The van der Waals surface area contributed by atoms with Crippen LogP contribution in [0.1, 0.15) is 17.9 Å². The Bertz CT molecular complexity index is 310. The molecule has 2 atom stereocenters. The Kier molecular flexibility index (Phi) is 3.23. The molecule has 1 aliphatic heterocycles. The summed E-state index contributed by atoms with van der Waals surface area (Å²) in [7, 11) is 0. The molecule has 3 nitrogen and oxygen atoms in total. The zero-order valence-electron chi connectivity index (χ0n) is 8.73. The van der Waals surface area contributed by atoms with Crippen LogP contribution in [-0.4, -0.2) is 24.9 Å². The smallest absolute Gasteiger partial charge is 0.115 e. The molecule has 0 amide bonds. The largest absolute Gasteiger partial charge is 0.508 e. The maximum absolute atomic E-state index is 9.22. The quantitative estimate of drug-likeness (QED) is 0.772. The van der Waals surface area contributed by atoms with Crippen LogP contribution in [0, 0.1) is 5.92 Å². The summed E-state index contributed by atoms with van der Waals surface area (Å²) in [6.07, 6.45) is 1.03. The lowest BCUT2D eigenvalue weighted by molar-refractivity contribution is 0.0494. The van der Waals surface area contributed by atoms with Crippen molar-refractivity contribution in [2.75, 3.05) is 19.8 Å². The van der Waals surface area contributed by atoms with Crippen LogP contribution in [0.15, 0.2) is 24.3 Å². The second-order valence-corrected chi connectivity index (χ2v) is 4.06. The number of phenolic OH excluding ortho intramolecular Hbond substituents is 1. The van der Waals surface area contributed by atoms with Crippen LogP contribution in [0.5, 0.6) is 5.75 Å². The Hall–Kier alpha value is -1.06. The third kappa shape index (κ3) is 2.30. The molecule has 3 N–H and O–H groups in total. The normalized spacial score (nSPS) is 26.5. The number of hydrogen-bond acceptors (Lipinski definition) is 3. The van der Waals surface area contributed by atoms with Gasteiger partial charge in [-0.3, -0.25) is 0 Å². The summed E-state index contributed by atoms with van der Waals surface area (Å²) in [5.41, 5.74) is 6.97. The molecule has 0 bridgehead atoms. The summed E-state index contributed by atoms with van der Waals surface area (Å²) in [4.78, 5) is 0. The van der Waals surface area contributed by atoms with Crippen LogP contribution < -0.4 is 5.73 Å². The minimum atomic E-state index is 0.305. The average Bonchev–Trinajstić information content (AvgIpc) is 2.30. The van der Waals surface area contributed by atoms with Gasteiger partial charge < -0.3 is 15.6 Å². The number of benzene rings is 1. The van der Waals surface area contributed by atoms with Gasteiger partial charge in [0.15, 0.2) is 0 Å². The Labute approximate surface area is 89.9 Å². The van der Waals surface area contributed by atoms with Gasteiger partial charge >= 0.3 is 0 Å². The van der Waals surface area contributed by atoms with Gasteiger partial charge in [-0.1, -0.05) is 12.1 Å². The molecule has 1 aromatic rings. The lowest BCUT2D eigenvalue weighted by Gasteiger charge is -2.31. The first-order valence-electron chi connectivity index (χ1n) is 5.38. The first-order valence-corrected chi connectivity index (χ1v) is 5.38. The molecule has 0 radical (unpaired) electrons. The zero-order valence-corrected chi connectivity index (χ0v) is 8.73. The third-order valence-corrected chi connectivity index (χ3v) is 3.12. The van der Waals surface area contributed by atoms with E-state index in [1.165, 1.54) is 5.56 Å². The molecule has 0 saturated carbocycles. The molecule has 0 aromatic heterocycles. The summed E-state index contributed by atoms with van der Waals surface area (Å²) in [5.74, 6) is 1.19. The van der Waals surface area contributed by atoms with E-state index in [1.54, 1.807) is 12.1 Å². The van der Waals surface area contributed by atoms with E-state index in [0.29, 0.717) is 24.1 Å². The van der Waals surface area contributed by atoms with Gasteiger partial charge in [0.25, 0.3) is 0 Å².